The lowest BCUT2D eigenvalue weighted by atomic mass is 10.3. The van der Waals surface area contributed by atoms with Gasteiger partial charge in [-0.2, -0.15) is 0 Å². The molecule has 0 aliphatic heterocycles. The Balaban J connectivity index is 1.28. The van der Waals surface area contributed by atoms with E-state index in [4.69, 9.17) is 9.97 Å². The summed E-state index contributed by atoms with van der Waals surface area (Å²) in [4.78, 5) is 9.41. The second-order valence-electron chi connectivity index (χ2n) is 6.24. The summed E-state index contributed by atoms with van der Waals surface area (Å²) in [5.74, 6) is 2.56. The summed E-state index contributed by atoms with van der Waals surface area (Å²) in [5, 5.41) is 10.9. The van der Waals surface area contributed by atoms with Crippen LogP contribution in [-0.2, 0) is 18.1 Å². The number of hydrogen-bond acceptors (Lipinski definition) is 8. The highest BCUT2D eigenvalue weighted by Gasteiger charge is 2.14. The summed E-state index contributed by atoms with van der Waals surface area (Å²) in [7, 11) is 0. The van der Waals surface area contributed by atoms with E-state index >= 15 is 0 Å². The first-order valence-electron chi connectivity index (χ1n) is 9.18. The molecule has 9 heteroatoms. The average Bonchev–Trinajstić information content (AvgIpc) is 3.45. The van der Waals surface area contributed by atoms with Gasteiger partial charge in [0.05, 0.1) is 31.9 Å². The number of rotatable bonds is 7. The van der Waals surface area contributed by atoms with E-state index in [1.165, 1.54) is 9.40 Å². The Morgan fingerprint density at radius 3 is 2.28 bits per heavy atom. The van der Waals surface area contributed by atoms with Crippen LogP contribution in [0.3, 0.4) is 0 Å². The first kappa shape index (κ1) is 19.0. The summed E-state index contributed by atoms with van der Waals surface area (Å²) < 4.78 is 5.71. The number of benzene rings is 2. The van der Waals surface area contributed by atoms with Gasteiger partial charge in [0.15, 0.2) is 9.50 Å². The summed E-state index contributed by atoms with van der Waals surface area (Å²) >= 11 is 6.90. The van der Waals surface area contributed by atoms with Crippen LogP contribution in [0.4, 0.5) is 0 Å². The largest absolute Gasteiger partial charge is 0.306 e. The molecule has 3 aromatic heterocycles. The van der Waals surface area contributed by atoms with Crippen LogP contribution in [0.5, 0.6) is 0 Å². The van der Waals surface area contributed by atoms with Gasteiger partial charge in [-0.1, -0.05) is 47.8 Å². The molecule has 0 amide bonds. The maximum atomic E-state index is 4.72. The highest BCUT2D eigenvalue weighted by Crippen LogP contribution is 2.32. The molecule has 0 spiro atoms. The van der Waals surface area contributed by atoms with Crippen molar-refractivity contribution in [3.63, 3.8) is 0 Å². The minimum atomic E-state index is 0.766. The van der Waals surface area contributed by atoms with Crippen molar-refractivity contribution < 1.29 is 0 Å². The van der Waals surface area contributed by atoms with E-state index in [9.17, 15) is 0 Å². The first-order valence-corrected chi connectivity index (χ1v) is 12.8. The molecule has 2 aromatic carbocycles. The Morgan fingerprint density at radius 2 is 1.55 bits per heavy atom. The van der Waals surface area contributed by atoms with Gasteiger partial charge in [0.2, 0.25) is 0 Å². The van der Waals surface area contributed by atoms with Gasteiger partial charge in [0.25, 0.3) is 0 Å². The van der Waals surface area contributed by atoms with Crippen LogP contribution in [0, 0.1) is 0 Å². The van der Waals surface area contributed by atoms with Gasteiger partial charge in [0, 0.05) is 6.54 Å². The van der Waals surface area contributed by atoms with Crippen LogP contribution in [-0.4, -0.2) is 24.7 Å². The highest BCUT2D eigenvalue weighted by atomic mass is 32.2. The molecule has 5 nitrogen and oxygen atoms in total. The number of thiazole rings is 2. The van der Waals surface area contributed by atoms with Gasteiger partial charge in [-0.15, -0.1) is 32.9 Å². The van der Waals surface area contributed by atoms with Gasteiger partial charge >= 0.3 is 0 Å². The lowest BCUT2D eigenvalue weighted by Gasteiger charge is -2.05. The summed E-state index contributed by atoms with van der Waals surface area (Å²) in [5.41, 5.74) is 2.13. The molecule has 0 aliphatic carbocycles. The van der Waals surface area contributed by atoms with Crippen molar-refractivity contribution in [3.05, 3.63) is 59.4 Å². The third-order valence-electron chi connectivity index (χ3n) is 4.37. The molecular formula is C20H17N5S4. The topological polar surface area (TPSA) is 56.5 Å². The van der Waals surface area contributed by atoms with Gasteiger partial charge < -0.3 is 4.57 Å². The Bertz CT molecular complexity index is 1110. The van der Waals surface area contributed by atoms with Crippen LogP contribution in [0.15, 0.2) is 58.0 Å². The van der Waals surface area contributed by atoms with Crippen LogP contribution >= 0.6 is 46.2 Å². The number of hydrogen-bond donors (Lipinski definition) is 0. The molecule has 0 fully saturated rings. The molecule has 29 heavy (non-hydrogen) atoms. The van der Waals surface area contributed by atoms with Crippen molar-refractivity contribution in [1.29, 1.82) is 0 Å². The van der Waals surface area contributed by atoms with E-state index in [-0.39, 0.29) is 0 Å². The smallest absolute Gasteiger partial charge is 0.191 e. The van der Waals surface area contributed by atoms with E-state index in [1.54, 1.807) is 46.2 Å². The van der Waals surface area contributed by atoms with Crippen LogP contribution in [0.1, 0.15) is 17.8 Å². The van der Waals surface area contributed by atoms with Crippen molar-refractivity contribution in [2.24, 2.45) is 0 Å². The second-order valence-corrected chi connectivity index (χ2v) is 10.6. The maximum Gasteiger partial charge on any atom is 0.191 e. The Morgan fingerprint density at radius 1 is 0.828 bits per heavy atom. The third kappa shape index (κ3) is 4.05. The fourth-order valence-corrected chi connectivity index (χ4v) is 6.99. The number of fused-ring (bicyclic) bond motifs is 2. The predicted octanol–water partition coefficient (Wildman–Crippen LogP) is 6.10. The van der Waals surface area contributed by atoms with Crippen molar-refractivity contribution in [1.82, 2.24) is 24.7 Å². The SMILES string of the molecule is CCn1c(CSc2nc3ccccc3s2)nnc1SCc1nc2ccccc2s1. The summed E-state index contributed by atoms with van der Waals surface area (Å²) in [6.07, 6.45) is 0. The van der Waals surface area contributed by atoms with E-state index in [2.05, 4.69) is 58.1 Å². The molecule has 0 aliphatic rings. The summed E-state index contributed by atoms with van der Waals surface area (Å²) in [6, 6.07) is 16.5. The summed E-state index contributed by atoms with van der Waals surface area (Å²) in [6.45, 7) is 2.99. The van der Waals surface area contributed by atoms with Crippen LogP contribution in [0.2, 0.25) is 0 Å². The average molecular weight is 456 g/mol. The Labute approximate surface area is 184 Å². The number of thioether (sulfide) groups is 2. The third-order valence-corrected chi connectivity index (χ3v) is 8.74. The van der Waals surface area contributed by atoms with Gasteiger partial charge in [-0.25, -0.2) is 9.97 Å². The lowest BCUT2D eigenvalue weighted by Crippen LogP contribution is -2.02. The van der Waals surface area contributed by atoms with Crippen molar-refractivity contribution in [2.75, 3.05) is 0 Å². The zero-order valence-corrected chi connectivity index (χ0v) is 18.9. The fourth-order valence-electron chi connectivity index (χ4n) is 3.00. The molecule has 5 aromatic rings. The van der Waals surface area contributed by atoms with Crippen molar-refractivity contribution >= 4 is 66.6 Å². The van der Waals surface area contributed by atoms with Crippen LogP contribution in [0.25, 0.3) is 20.4 Å². The number of para-hydroxylation sites is 2. The molecule has 0 saturated heterocycles. The van der Waals surface area contributed by atoms with E-state index in [0.29, 0.717) is 0 Å². The molecule has 0 radical (unpaired) electrons. The first-order chi connectivity index (χ1) is 14.3. The number of aromatic nitrogens is 5. The molecule has 0 bridgehead atoms. The highest BCUT2D eigenvalue weighted by molar-refractivity contribution is 8.00. The van der Waals surface area contributed by atoms with E-state index < -0.39 is 0 Å². The Kier molecular flexibility index (Phi) is 5.54. The molecule has 0 unspecified atom stereocenters. The minimum absolute atomic E-state index is 0.766. The zero-order chi connectivity index (χ0) is 19.6. The van der Waals surface area contributed by atoms with E-state index in [1.807, 2.05) is 12.1 Å². The van der Waals surface area contributed by atoms with Crippen molar-refractivity contribution in [3.8, 4) is 0 Å². The van der Waals surface area contributed by atoms with Gasteiger partial charge in [-0.05, 0) is 31.2 Å². The molecule has 0 atom stereocenters. The van der Waals surface area contributed by atoms with E-state index in [0.717, 1.165) is 49.4 Å². The molecule has 146 valence electrons. The van der Waals surface area contributed by atoms with Crippen LogP contribution < -0.4 is 0 Å². The molecule has 5 rings (SSSR count). The normalized spacial score (nSPS) is 11.6. The molecular weight excluding hydrogens is 439 g/mol. The second kappa shape index (κ2) is 8.43. The predicted molar refractivity (Wildman–Crippen MR) is 124 cm³/mol. The fraction of sp³-hybridized carbons (Fsp3) is 0.200. The monoisotopic (exact) mass is 455 g/mol. The standard InChI is InChI=1S/C20H17N5S4/c1-2-25-17(11-27-20-22-14-8-4-6-10-16(14)29-20)23-24-19(25)26-12-18-21-13-7-3-5-9-15(13)28-18/h3-10H,2,11-12H2,1H3. The molecule has 0 N–H and O–H groups in total. The molecule has 0 saturated carbocycles. The zero-order valence-electron chi connectivity index (χ0n) is 15.6. The van der Waals surface area contributed by atoms with Gasteiger partial charge in [-0.3, -0.25) is 0 Å². The quantitative estimate of drug-likeness (QED) is 0.276. The molecule has 3 heterocycles. The Hall–Kier alpha value is -1.94. The minimum Gasteiger partial charge on any atom is -0.306 e. The maximum absolute atomic E-state index is 4.72. The number of nitrogens with zero attached hydrogens (tertiary/aromatic N) is 5. The van der Waals surface area contributed by atoms with Crippen molar-refractivity contribution in [2.45, 2.75) is 34.5 Å². The lowest BCUT2D eigenvalue weighted by molar-refractivity contribution is 0.659. The van der Waals surface area contributed by atoms with Gasteiger partial charge in [0.1, 0.15) is 10.8 Å².